The summed E-state index contributed by atoms with van der Waals surface area (Å²) in [6.07, 6.45) is 1.75. The van der Waals surface area contributed by atoms with Crippen LogP contribution in [0.25, 0.3) is 10.9 Å². The molecule has 0 radical (unpaired) electrons. The van der Waals surface area contributed by atoms with Crippen LogP contribution in [0, 0.1) is 23.4 Å². The number of benzene rings is 2. The first-order valence-electron chi connectivity index (χ1n) is 11.9. The number of allylic oxidation sites excluding steroid dienone is 1. The summed E-state index contributed by atoms with van der Waals surface area (Å²) in [5, 5.41) is 13.3. The molecule has 0 bridgehead atoms. The lowest BCUT2D eigenvalue weighted by Gasteiger charge is -2.18. The molecular weight excluding hydrogens is 555 g/mol. The van der Waals surface area contributed by atoms with Gasteiger partial charge in [-0.1, -0.05) is 25.4 Å². The minimum atomic E-state index is -1.36. The number of nitrogens with zero attached hydrogens (tertiary/aromatic N) is 5. The molecule has 1 aliphatic heterocycles. The molecule has 2 N–H and O–H groups in total. The minimum Gasteiger partial charge on any atom is -0.374 e. The van der Waals surface area contributed by atoms with Crippen molar-refractivity contribution in [2.75, 3.05) is 5.32 Å². The molecule has 3 heterocycles. The SMILES string of the molecule is CC(C)C1NC(Cn2c(=O)nc(Nc3cc4cn(C)nc4cc3Cl)n(Cc3cc(F)c(F)cc3F)c2=O)=CS1. The predicted molar refractivity (Wildman–Crippen MR) is 145 cm³/mol. The third-order valence-electron chi connectivity index (χ3n) is 6.14. The fourth-order valence-electron chi connectivity index (χ4n) is 4.13. The molecule has 0 aliphatic carbocycles. The van der Waals surface area contributed by atoms with Gasteiger partial charge in [0, 0.05) is 36.0 Å². The van der Waals surface area contributed by atoms with Gasteiger partial charge in [0.15, 0.2) is 11.6 Å². The van der Waals surface area contributed by atoms with Crippen molar-refractivity contribution in [3.63, 3.8) is 0 Å². The molecule has 5 rings (SSSR count). The molecule has 1 atom stereocenters. The third kappa shape index (κ3) is 5.41. The summed E-state index contributed by atoms with van der Waals surface area (Å²) in [4.78, 5) is 30.7. The number of anilines is 2. The van der Waals surface area contributed by atoms with Gasteiger partial charge >= 0.3 is 11.4 Å². The average Bonchev–Trinajstić information content (AvgIpc) is 3.48. The van der Waals surface area contributed by atoms with Crippen molar-refractivity contribution < 1.29 is 13.2 Å². The number of hydrogen-bond donors (Lipinski definition) is 2. The largest absolute Gasteiger partial charge is 0.374 e. The van der Waals surface area contributed by atoms with Crippen LogP contribution in [0.15, 0.2) is 51.2 Å². The highest BCUT2D eigenvalue weighted by Crippen LogP contribution is 2.30. The lowest BCUT2D eigenvalue weighted by molar-refractivity contribution is 0.484. The standard InChI is InChI=1S/C25H23ClF3N7O2S/c1-12(2)22-30-15(11-39-22)10-36-24(37)32-23(31-21-5-14-8-34(3)33-20(14)6-16(21)26)35(25(36)38)9-13-4-18(28)19(29)7-17(13)27/h4-8,11-12,22,30H,9-10H2,1-3H3,(H,31,32,37). The fraction of sp³-hybridized carbons (Fsp3) is 0.280. The van der Waals surface area contributed by atoms with Gasteiger partial charge in [-0.05, 0) is 29.5 Å². The molecule has 39 heavy (non-hydrogen) atoms. The van der Waals surface area contributed by atoms with Crippen molar-refractivity contribution in [2.45, 2.75) is 32.3 Å². The molecule has 0 saturated heterocycles. The molecule has 0 spiro atoms. The van der Waals surface area contributed by atoms with E-state index in [0.717, 1.165) is 14.5 Å². The zero-order valence-electron chi connectivity index (χ0n) is 21.0. The molecule has 0 fully saturated rings. The highest BCUT2D eigenvalue weighted by atomic mass is 35.5. The van der Waals surface area contributed by atoms with E-state index in [4.69, 9.17) is 11.6 Å². The summed E-state index contributed by atoms with van der Waals surface area (Å²) in [6, 6.07) is 4.31. The minimum absolute atomic E-state index is 0.0765. The number of halogens is 4. The van der Waals surface area contributed by atoms with Crippen LogP contribution in [-0.4, -0.2) is 29.3 Å². The van der Waals surface area contributed by atoms with Crippen molar-refractivity contribution in [1.29, 1.82) is 0 Å². The lowest BCUT2D eigenvalue weighted by atomic mass is 10.2. The first-order chi connectivity index (χ1) is 18.5. The van der Waals surface area contributed by atoms with E-state index in [1.165, 1.54) is 11.8 Å². The average molecular weight is 578 g/mol. The van der Waals surface area contributed by atoms with Gasteiger partial charge in [0.1, 0.15) is 5.82 Å². The predicted octanol–water partition coefficient (Wildman–Crippen LogP) is 4.31. The van der Waals surface area contributed by atoms with E-state index < -0.39 is 35.4 Å². The Balaban J connectivity index is 1.59. The Hall–Kier alpha value is -3.71. The van der Waals surface area contributed by atoms with Crippen LogP contribution < -0.4 is 22.0 Å². The highest BCUT2D eigenvalue weighted by molar-refractivity contribution is 8.02. The summed E-state index contributed by atoms with van der Waals surface area (Å²) < 4.78 is 45.6. The first kappa shape index (κ1) is 26.9. The van der Waals surface area contributed by atoms with E-state index in [-0.39, 0.29) is 28.5 Å². The van der Waals surface area contributed by atoms with Gasteiger partial charge in [0.2, 0.25) is 5.95 Å². The second kappa shape index (κ2) is 10.5. The number of rotatable bonds is 7. The van der Waals surface area contributed by atoms with Crippen molar-refractivity contribution >= 4 is 45.9 Å². The van der Waals surface area contributed by atoms with Crippen molar-refractivity contribution in [1.82, 2.24) is 29.2 Å². The van der Waals surface area contributed by atoms with Crippen molar-refractivity contribution in [3.05, 3.63) is 90.6 Å². The molecular formula is C25H23ClF3N7O2S. The number of fused-ring (bicyclic) bond motifs is 1. The fourth-order valence-corrected chi connectivity index (χ4v) is 5.32. The molecule has 9 nitrogen and oxygen atoms in total. The maximum Gasteiger partial charge on any atom is 0.355 e. The van der Waals surface area contributed by atoms with E-state index in [1.54, 1.807) is 30.1 Å². The number of thioether (sulfide) groups is 1. The van der Waals surface area contributed by atoms with Crippen LogP contribution in [-0.2, 0) is 20.1 Å². The molecule has 1 unspecified atom stereocenters. The van der Waals surface area contributed by atoms with Crippen LogP contribution in [0.1, 0.15) is 19.4 Å². The van der Waals surface area contributed by atoms with Gasteiger partial charge in [-0.3, -0.25) is 9.25 Å². The Morgan fingerprint density at radius 2 is 1.82 bits per heavy atom. The maximum atomic E-state index is 14.6. The molecule has 0 amide bonds. The lowest BCUT2D eigenvalue weighted by Crippen LogP contribution is -2.44. The third-order valence-corrected chi connectivity index (χ3v) is 7.83. The Morgan fingerprint density at radius 1 is 1.08 bits per heavy atom. The molecule has 204 valence electrons. The monoisotopic (exact) mass is 577 g/mol. The van der Waals surface area contributed by atoms with Crippen LogP contribution in [0.4, 0.5) is 24.8 Å². The second-order valence-corrected chi connectivity index (χ2v) is 10.9. The van der Waals surface area contributed by atoms with Crippen LogP contribution in [0.5, 0.6) is 0 Å². The van der Waals surface area contributed by atoms with E-state index in [1.807, 2.05) is 19.3 Å². The van der Waals surface area contributed by atoms with Crippen molar-refractivity contribution in [3.8, 4) is 0 Å². The zero-order chi connectivity index (χ0) is 28.0. The summed E-state index contributed by atoms with van der Waals surface area (Å²) in [7, 11) is 1.74. The van der Waals surface area contributed by atoms with Gasteiger partial charge in [0.05, 0.1) is 34.7 Å². The topological polar surface area (TPSA) is 98.8 Å². The van der Waals surface area contributed by atoms with E-state index in [0.29, 0.717) is 35.0 Å². The summed E-state index contributed by atoms with van der Waals surface area (Å²) in [6.45, 7) is 3.42. The summed E-state index contributed by atoms with van der Waals surface area (Å²) in [5.41, 5.74) is -0.445. The Kier molecular flexibility index (Phi) is 7.21. The smallest absolute Gasteiger partial charge is 0.355 e. The number of hydrogen-bond acceptors (Lipinski definition) is 7. The van der Waals surface area contributed by atoms with Gasteiger partial charge < -0.3 is 10.6 Å². The van der Waals surface area contributed by atoms with Gasteiger partial charge in [0.25, 0.3) is 0 Å². The van der Waals surface area contributed by atoms with Crippen LogP contribution in [0.2, 0.25) is 5.02 Å². The van der Waals surface area contributed by atoms with E-state index in [9.17, 15) is 22.8 Å². The molecule has 14 heteroatoms. The second-order valence-electron chi connectivity index (χ2n) is 9.44. The Labute approximate surface area is 229 Å². The number of nitrogens with one attached hydrogen (secondary N) is 2. The number of aryl methyl sites for hydroxylation is 1. The zero-order valence-corrected chi connectivity index (χ0v) is 22.6. The summed E-state index contributed by atoms with van der Waals surface area (Å²) >= 11 is 7.95. The summed E-state index contributed by atoms with van der Waals surface area (Å²) in [5.74, 6) is -3.66. The van der Waals surface area contributed by atoms with Gasteiger partial charge in [-0.2, -0.15) is 10.1 Å². The van der Waals surface area contributed by atoms with E-state index >= 15 is 0 Å². The molecule has 2 aromatic carbocycles. The normalized spacial score (nSPS) is 15.2. The Morgan fingerprint density at radius 3 is 2.54 bits per heavy atom. The molecule has 4 aromatic rings. The first-order valence-corrected chi connectivity index (χ1v) is 13.2. The van der Waals surface area contributed by atoms with E-state index in [2.05, 4.69) is 20.7 Å². The molecule has 1 aliphatic rings. The maximum absolute atomic E-state index is 14.6. The van der Waals surface area contributed by atoms with Gasteiger partial charge in [-0.15, -0.1) is 11.8 Å². The molecule has 2 aromatic heterocycles. The highest BCUT2D eigenvalue weighted by Gasteiger charge is 2.23. The number of aromatic nitrogens is 5. The van der Waals surface area contributed by atoms with Gasteiger partial charge in [-0.25, -0.2) is 27.3 Å². The quantitative estimate of drug-likeness (QED) is 0.316. The molecule has 0 saturated carbocycles. The van der Waals surface area contributed by atoms with Crippen molar-refractivity contribution in [2.24, 2.45) is 13.0 Å². The van der Waals surface area contributed by atoms with Crippen LogP contribution >= 0.6 is 23.4 Å². The Bertz CT molecular complexity index is 1750. The van der Waals surface area contributed by atoms with Crippen LogP contribution in [0.3, 0.4) is 0 Å².